The first kappa shape index (κ1) is 10.5. The predicted molar refractivity (Wildman–Crippen MR) is 39.8 cm³/mol. The lowest BCUT2D eigenvalue weighted by Gasteiger charge is -2.04. The molecule has 0 atom stereocenters. The highest BCUT2D eigenvalue weighted by molar-refractivity contribution is 5.93. The fraction of sp³-hybridized carbons (Fsp3) is 0.125. The molecule has 0 aliphatic heterocycles. The van der Waals surface area contributed by atoms with Crippen LogP contribution in [0.25, 0.3) is 0 Å². The van der Waals surface area contributed by atoms with Crippen LogP contribution in [0.1, 0.15) is 22.3 Å². The molecule has 76 valence electrons. The number of benzene rings is 1. The standard InChI is InChI=1S/C8H5F4NO/c9-4-1-3(7(11)12)2-5(10)6(4)8(13)14/h1-2,7H,(H2,13,14). The van der Waals surface area contributed by atoms with Gasteiger partial charge in [0.15, 0.2) is 0 Å². The molecule has 0 aliphatic carbocycles. The second-order valence-corrected chi connectivity index (χ2v) is 2.52. The zero-order chi connectivity index (χ0) is 10.9. The summed E-state index contributed by atoms with van der Waals surface area (Å²) in [6.45, 7) is 0. The molecule has 1 amide bonds. The minimum atomic E-state index is -3.00. The van der Waals surface area contributed by atoms with E-state index in [1.807, 2.05) is 0 Å². The molecule has 1 aromatic carbocycles. The highest BCUT2D eigenvalue weighted by atomic mass is 19.3. The Hall–Kier alpha value is -1.59. The van der Waals surface area contributed by atoms with Crippen LogP contribution < -0.4 is 5.73 Å². The molecule has 0 radical (unpaired) electrons. The second-order valence-electron chi connectivity index (χ2n) is 2.52. The van der Waals surface area contributed by atoms with Gasteiger partial charge in [-0.1, -0.05) is 0 Å². The molecule has 6 heteroatoms. The number of rotatable bonds is 2. The summed E-state index contributed by atoms with van der Waals surface area (Å²) in [7, 11) is 0. The van der Waals surface area contributed by atoms with Crippen molar-refractivity contribution in [3.05, 3.63) is 34.9 Å². The SMILES string of the molecule is NC(=O)c1c(F)cc(C(F)F)cc1F. The van der Waals surface area contributed by atoms with E-state index in [0.29, 0.717) is 12.1 Å². The van der Waals surface area contributed by atoms with Gasteiger partial charge in [0.25, 0.3) is 12.3 Å². The first-order chi connectivity index (χ1) is 6.43. The number of hydrogen-bond donors (Lipinski definition) is 1. The van der Waals surface area contributed by atoms with Crippen molar-refractivity contribution < 1.29 is 22.4 Å². The number of carbonyl (C=O) groups excluding carboxylic acids is 1. The number of amides is 1. The average molecular weight is 207 g/mol. The molecule has 0 spiro atoms. The molecule has 2 nitrogen and oxygen atoms in total. The quantitative estimate of drug-likeness (QED) is 0.740. The Kier molecular flexibility index (Phi) is 2.73. The van der Waals surface area contributed by atoms with Crippen molar-refractivity contribution in [1.82, 2.24) is 0 Å². The van der Waals surface area contributed by atoms with Crippen LogP contribution in [0.4, 0.5) is 17.6 Å². The van der Waals surface area contributed by atoms with Crippen molar-refractivity contribution in [2.75, 3.05) is 0 Å². The van der Waals surface area contributed by atoms with E-state index in [-0.39, 0.29) is 0 Å². The third-order valence-corrected chi connectivity index (χ3v) is 1.56. The van der Waals surface area contributed by atoms with Crippen molar-refractivity contribution in [3.8, 4) is 0 Å². The molecule has 0 aromatic heterocycles. The molecule has 0 fully saturated rings. The number of halogens is 4. The molecule has 14 heavy (non-hydrogen) atoms. The summed E-state index contributed by atoms with van der Waals surface area (Å²) in [4.78, 5) is 10.5. The number of primary amides is 1. The number of nitrogens with two attached hydrogens (primary N) is 1. The largest absolute Gasteiger partial charge is 0.365 e. The first-order valence-corrected chi connectivity index (χ1v) is 3.50. The summed E-state index contributed by atoms with van der Waals surface area (Å²) >= 11 is 0. The third-order valence-electron chi connectivity index (χ3n) is 1.56. The molecule has 0 heterocycles. The molecule has 0 unspecified atom stereocenters. The normalized spacial score (nSPS) is 10.6. The van der Waals surface area contributed by atoms with E-state index < -0.39 is 35.1 Å². The van der Waals surface area contributed by atoms with E-state index in [2.05, 4.69) is 5.73 Å². The van der Waals surface area contributed by atoms with Crippen LogP contribution >= 0.6 is 0 Å². The molecule has 2 N–H and O–H groups in total. The Morgan fingerprint density at radius 2 is 1.64 bits per heavy atom. The monoisotopic (exact) mass is 207 g/mol. The maximum absolute atomic E-state index is 12.8. The van der Waals surface area contributed by atoms with Gasteiger partial charge in [0, 0.05) is 5.56 Å². The van der Waals surface area contributed by atoms with Gasteiger partial charge in [-0.05, 0) is 12.1 Å². The third kappa shape index (κ3) is 1.84. The Morgan fingerprint density at radius 3 is 1.93 bits per heavy atom. The Labute approximate surface area is 76.3 Å². The summed E-state index contributed by atoms with van der Waals surface area (Å²) in [6.07, 6.45) is -3.00. The number of carbonyl (C=O) groups is 1. The van der Waals surface area contributed by atoms with Gasteiger partial charge in [-0.3, -0.25) is 4.79 Å². The van der Waals surface area contributed by atoms with E-state index in [1.165, 1.54) is 0 Å². The molecular formula is C8H5F4NO. The van der Waals surface area contributed by atoms with Gasteiger partial charge >= 0.3 is 0 Å². The lowest BCUT2D eigenvalue weighted by Crippen LogP contribution is -2.16. The van der Waals surface area contributed by atoms with Crippen molar-refractivity contribution in [3.63, 3.8) is 0 Å². The van der Waals surface area contributed by atoms with Gasteiger partial charge < -0.3 is 5.73 Å². The molecule has 1 rings (SSSR count). The maximum atomic E-state index is 12.8. The summed E-state index contributed by atoms with van der Waals surface area (Å²) in [5, 5.41) is 0. The molecule has 0 saturated carbocycles. The lowest BCUT2D eigenvalue weighted by atomic mass is 10.1. The fourth-order valence-electron chi connectivity index (χ4n) is 0.954. The van der Waals surface area contributed by atoms with Crippen LogP contribution in [0.15, 0.2) is 12.1 Å². The summed E-state index contributed by atoms with van der Waals surface area (Å²) in [5.41, 5.74) is 2.80. The van der Waals surface area contributed by atoms with E-state index in [0.717, 1.165) is 0 Å². The van der Waals surface area contributed by atoms with E-state index >= 15 is 0 Å². The van der Waals surface area contributed by atoms with Crippen LogP contribution in [0.5, 0.6) is 0 Å². The van der Waals surface area contributed by atoms with E-state index in [4.69, 9.17) is 0 Å². The maximum Gasteiger partial charge on any atom is 0.264 e. The molecular weight excluding hydrogens is 202 g/mol. The van der Waals surface area contributed by atoms with Crippen LogP contribution in [0, 0.1) is 11.6 Å². The first-order valence-electron chi connectivity index (χ1n) is 3.50. The highest BCUT2D eigenvalue weighted by Crippen LogP contribution is 2.23. The zero-order valence-electron chi connectivity index (χ0n) is 6.73. The highest BCUT2D eigenvalue weighted by Gasteiger charge is 2.19. The Balaban J connectivity index is 3.32. The molecule has 1 aromatic rings. The molecule has 0 bridgehead atoms. The smallest absolute Gasteiger partial charge is 0.264 e. The minimum absolute atomic E-state index is 0.383. The minimum Gasteiger partial charge on any atom is -0.365 e. The topological polar surface area (TPSA) is 43.1 Å². The predicted octanol–water partition coefficient (Wildman–Crippen LogP) is 2.00. The molecule has 0 aliphatic rings. The second kappa shape index (κ2) is 3.65. The average Bonchev–Trinajstić information content (AvgIpc) is 2.01. The van der Waals surface area contributed by atoms with Crippen LogP contribution in [0.3, 0.4) is 0 Å². The van der Waals surface area contributed by atoms with Crippen LogP contribution in [-0.2, 0) is 0 Å². The van der Waals surface area contributed by atoms with Gasteiger partial charge in [0.05, 0.1) is 0 Å². The van der Waals surface area contributed by atoms with E-state index in [1.54, 1.807) is 0 Å². The Bertz CT molecular complexity index is 355. The van der Waals surface area contributed by atoms with Gasteiger partial charge in [0.1, 0.15) is 17.2 Å². The van der Waals surface area contributed by atoms with Crippen molar-refractivity contribution in [1.29, 1.82) is 0 Å². The lowest BCUT2D eigenvalue weighted by molar-refractivity contribution is 0.0991. The van der Waals surface area contributed by atoms with Gasteiger partial charge in [-0.2, -0.15) is 0 Å². The van der Waals surface area contributed by atoms with Gasteiger partial charge in [0.2, 0.25) is 0 Å². The fourth-order valence-corrected chi connectivity index (χ4v) is 0.954. The van der Waals surface area contributed by atoms with Gasteiger partial charge in [-0.15, -0.1) is 0 Å². The summed E-state index contributed by atoms with van der Waals surface area (Å²) < 4.78 is 49.7. The van der Waals surface area contributed by atoms with E-state index in [9.17, 15) is 22.4 Å². The summed E-state index contributed by atoms with van der Waals surface area (Å²) in [6, 6.07) is 0.766. The number of hydrogen-bond acceptors (Lipinski definition) is 1. The van der Waals surface area contributed by atoms with Crippen LogP contribution in [0.2, 0.25) is 0 Å². The van der Waals surface area contributed by atoms with Gasteiger partial charge in [-0.25, -0.2) is 17.6 Å². The van der Waals surface area contributed by atoms with Crippen LogP contribution in [-0.4, -0.2) is 5.91 Å². The molecule has 0 saturated heterocycles. The summed E-state index contributed by atoms with van der Waals surface area (Å²) in [5.74, 6) is -4.10. The number of alkyl halides is 2. The Morgan fingerprint density at radius 1 is 1.21 bits per heavy atom. The van der Waals surface area contributed by atoms with Crippen molar-refractivity contribution in [2.24, 2.45) is 5.73 Å². The zero-order valence-corrected chi connectivity index (χ0v) is 6.73. The van der Waals surface area contributed by atoms with Crippen molar-refractivity contribution in [2.45, 2.75) is 6.43 Å². The van der Waals surface area contributed by atoms with Crippen molar-refractivity contribution >= 4 is 5.91 Å².